The number of amides is 3. The van der Waals surface area contributed by atoms with E-state index in [0.717, 1.165) is 18.8 Å². The van der Waals surface area contributed by atoms with E-state index in [1.54, 1.807) is 11.8 Å². The Bertz CT molecular complexity index is 701. The molecule has 1 atom stereocenters. The van der Waals surface area contributed by atoms with Crippen LogP contribution in [0.4, 0.5) is 15.6 Å². The summed E-state index contributed by atoms with van der Waals surface area (Å²) in [5, 5.41) is 13.2. The predicted molar refractivity (Wildman–Crippen MR) is 96.8 cm³/mol. The Morgan fingerprint density at radius 3 is 2.52 bits per heavy atom. The molecule has 0 bridgehead atoms. The number of hydrogen-bond acceptors (Lipinski definition) is 6. The number of aromatic nitrogens is 2. The molecule has 0 saturated carbocycles. The monoisotopic (exact) mass is 360 g/mol. The third-order valence-corrected chi connectivity index (χ3v) is 4.62. The van der Waals surface area contributed by atoms with Crippen molar-refractivity contribution in [2.24, 2.45) is 0 Å². The zero-order chi connectivity index (χ0) is 17.6. The third-order valence-electron chi connectivity index (χ3n) is 4.01. The second-order valence-corrected chi connectivity index (χ2v) is 6.55. The maximum atomic E-state index is 12.3. The molecule has 1 aromatic carbocycles. The lowest BCUT2D eigenvalue weighted by Crippen LogP contribution is -2.54. The average molecular weight is 360 g/mol. The van der Waals surface area contributed by atoms with Gasteiger partial charge in [-0.2, -0.15) is 0 Å². The molecule has 1 aliphatic rings. The van der Waals surface area contributed by atoms with Gasteiger partial charge in [0.05, 0.1) is 0 Å². The first-order valence-corrected chi connectivity index (χ1v) is 8.94. The van der Waals surface area contributed by atoms with E-state index in [1.165, 1.54) is 16.8 Å². The molecule has 2 aromatic rings. The number of piperazine rings is 1. The second kappa shape index (κ2) is 7.93. The van der Waals surface area contributed by atoms with Crippen molar-refractivity contribution in [3.05, 3.63) is 35.8 Å². The van der Waals surface area contributed by atoms with Crippen LogP contribution in [0.5, 0.6) is 0 Å². The first kappa shape index (κ1) is 17.2. The number of anilines is 2. The summed E-state index contributed by atoms with van der Waals surface area (Å²) in [6.45, 7) is 4.41. The van der Waals surface area contributed by atoms with Crippen molar-refractivity contribution in [1.29, 1.82) is 0 Å². The van der Waals surface area contributed by atoms with Crippen molar-refractivity contribution in [2.75, 3.05) is 36.4 Å². The molecule has 1 unspecified atom stereocenters. The highest BCUT2D eigenvalue weighted by Crippen LogP contribution is 2.15. The maximum absolute atomic E-state index is 12.3. The summed E-state index contributed by atoms with van der Waals surface area (Å²) in [7, 11) is 0. The van der Waals surface area contributed by atoms with Gasteiger partial charge in [-0.15, -0.1) is 10.2 Å². The number of carbonyl (C=O) groups is 2. The maximum Gasteiger partial charge on any atom is 0.318 e. The molecule has 3 rings (SSSR count). The molecule has 2 heterocycles. The summed E-state index contributed by atoms with van der Waals surface area (Å²) in [5.41, 5.74) is 2.69. The molecular weight excluding hydrogens is 340 g/mol. The minimum atomic E-state index is -0.649. The Hall–Kier alpha value is -2.68. The molecule has 0 aliphatic carbocycles. The molecule has 1 aromatic heterocycles. The highest BCUT2D eigenvalue weighted by Gasteiger charge is 2.24. The van der Waals surface area contributed by atoms with Crippen LogP contribution >= 0.6 is 11.3 Å². The lowest BCUT2D eigenvalue weighted by Gasteiger charge is -2.36. The van der Waals surface area contributed by atoms with Crippen LogP contribution in [0.2, 0.25) is 0 Å². The number of rotatable bonds is 4. The average Bonchev–Trinajstić information content (AvgIpc) is 3.15. The van der Waals surface area contributed by atoms with Crippen LogP contribution in [0.3, 0.4) is 0 Å². The van der Waals surface area contributed by atoms with E-state index in [4.69, 9.17) is 0 Å². The quantitative estimate of drug-likeness (QED) is 0.860. The topological polar surface area (TPSA) is 90.5 Å². The van der Waals surface area contributed by atoms with Crippen molar-refractivity contribution < 1.29 is 9.59 Å². The van der Waals surface area contributed by atoms with Gasteiger partial charge in [-0.3, -0.25) is 10.1 Å². The van der Waals surface area contributed by atoms with Crippen LogP contribution in [-0.4, -0.2) is 59.3 Å². The molecule has 132 valence electrons. The van der Waals surface area contributed by atoms with Crippen LogP contribution in [0.1, 0.15) is 6.92 Å². The van der Waals surface area contributed by atoms with E-state index in [2.05, 4.69) is 37.9 Å². The third kappa shape index (κ3) is 4.44. The van der Waals surface area contributed by atoms with Crippen molar-refractivity contribution in [2.45, 2.75) is 13.0 Å². The van der Waals surface area contributed by atoms with Gasteiger partial charge in [-0.1, -0.05) is 29.5 Å². The second-order valence-electron chi connectivity index (χ2n) is 5.71. The van der Waals surface area contributed by atoms with Crippen LogP contribution in [0.25, 0.3) is 0 Å². The normalized spacial score (nSPS) is 15.6. The van der Waals surface area contributed by atoms with Crippen LogP contribution < -0.4 is 15.5 Å². The van der Waals surface area contributed by atoms with Crippen LogP contribution in [0, 0.1) is 0 Å². The van der Waals surface area contributed by atoms with Crippen molar-refractivity contribution in [3.8, 4) is 0 Å². The Morgan fingerprint density at radius 2 is 1.88 bits per heavy atom. The first-order valence-electron chi connectivity index (χ1n) is 8.06. The van der Waals surface area contributed by atoms with Crippen LogP contribution in [0.15, 0.2) is 35.8 Å². The lowest BCUT2D eigenvalue weighted by molar-refractivity contribution is -0.117. The summed E-state index contributed by atoms with van der Waals surface area (Å²) in [6.07, 6.45) is 0. The van der Waals surface area contributed by atoms with Gasteiger partial charge in [0.1, 0.15) is 11.6 Å². The van der Waals surface area contributed by atoms with E-state index in [1.807, 2.05) is 18.2 Å². The molecule has 2 N–H and O–H groups in total. The fourth-order valence-corrected chi connectivity index (χ4v) is 3.04. The molecule has 1 fully saturated rings. The number of nitrogens with one attached hydrogen (secondary N) is 2. The molecular formula is C16H20N6O2S. The number of para-hydroxylation sites is 1. The molecule has 1 saturated heterocycles. The minimum Gasteiger partial charge on any atom is -0.368 e. The first-order chi connectivity index (χ1) is 12.1. The highest BCUT2D eigenvalue weighted by molar-refractivity contribution is 7.13. The summed E-state index contributed by atoms with van der Waals surface area (Å²) in [6, 6.07) is 9.25. The van der Waals surface area contributed by atoms with E-state index in [9.17, 15) is 9.59 Å². The van der Waals surface area contributed by atoms with Gasteiger partial charge in [0, 0.05) is 31.9 Å². The summed E-state index contributed by atoms with van der Waals surface area (Å²) >= 11 is 1.23. The smallest absolute Gasteiger partial charge is 0.318 e. The number of carbonyl (C=O) groups excluding carboxylic acids is 2. The van der Waals surface area contributed by atoms with Crippen molar-refractivity contribution >= 4 is 34.1 Å². The Labute approximate surface area is 149 Å². The summed E-state index contributed by atoms with van der Waals surface area (Å²) in [5.74, 6) is -0.312. The van der Waals surface area contributed by atoms with Gasteiger partial charge >= 0.3 is 6.03 Å². The molecule has 3 amide bonds. The molecule has 9 heteroatoms. The predicted octanol–water partition coefficient (Wildman–Crippen LogP) is 1.40. The van der Waals surface area contributed by atoms with Gasteiger partial charge in [-0.25, -0.2) is 4.79 Å². The van der Waals surface area contributed by atoms with Gasteiger partial charge < -0.3 is 15.1 Å². The number of hydrogen-bond donors (Lipinski definition) is 2. The SMILES string of the molecule is CC(NC(=O)N1CCN(c2ccccc2)CC1)C(=O)Nc1nncs1. The van der Waals surface area contributed by atoms with Gasteiger partial charge in [0.15, 0.2) is 0 Å². The van der Waals surface area contributed by atoms with Gasteiger partial charge in [0.25, 0.3) is 0 Å². The van der Waals surface area contributed by atoms with Crippen molar-refractivity contribution in [1.82, 2.24) is 20.4 Å². The van der Waals surface area contributed by atoms with E-state index >= 15 is 0 Å². The number of urea groups is 1. The molecule has 0 spiro atoms. The molecule has 0 radical (unpaired) electrons. The molecule has 1 aliphatic heterocycles. The number of nitrogens with zero attached hydrogens (tertiary/aromatic N) is 4. The Morgan fingerprint density at radius 1 is 1.16 bits per heavy atom. The highest BCUT2D eigenvalue weighted by atomic mass is 32.1. The summed E-state index contributed by atoms with van der Waals surface area (Å²) in [4.78, 5) is 28.4. The zero-order valence-electron chi connectivity index (χ0n) is 13.9. The Kier molecular flexibility index (Phi) is 5.44. The number of benzene rings is 1. The summed E-state index contributed by atoms with van der Waals surface area (Å²) < 4.78 is 0. The van der Waals surface area contributed by atoms with E-state index in [0.29, 0.717) is 18.2 Å². The van der Waals surface area contributed by atoms with Gasteiger partial charge in [0.2, 0.25) is 11.0 Å². The fourth-order valence-electron chi connectivity index (χ4n) is 2.59. The Balaban J connectivity index is 1.46. The van der Waals surface area contributed by atoms with Crippen molar-refractivity contribution in [3.63, 3.8) is 0 Å². The largest absolute Gasteiger partial charge is 0.368 e. The van der Waals surface area contributed by atoms with Crippen LogP contribution in [-0.2, 0) is 4.79 Å². The van der Waals surface area contributed by atoms with Gasteiger partial charge in [-0.05, 0) is 19.1 Å². The lowest BCUT2D eigenvalue weighted by atomic mass is 10.2. The fraction of sp³-hybridized carbons (Fsp3) is 0.375. The van der Waals surface area contributed by atoms with E-state index in [-0.39, 0.29) is 11.9 Å². The standard InChI is InChI=1S/C16H20N6O2S/c1-12(14(23)19-15-20-17-11-25-15)18-16(24)22-9-7-21(8-10-22)13-5-3-2-4-6-13/h2-6,11-12H,7-10H2,1H3,(H,18,24)(H,19,20,23). The zero-order valence-corrected chi connectivity index (χ0v) is 14.7. The molecule has 25 heavy (non-hydrogen) atoms. The molecule has 8 nitrogen and oxygen atoms in total. The van der Waals surface area contributed by atoms with E-state index < -0.39 is 6.04 Å². The minimum absolute atomic E-state index is 0.229.